The van der Waals surface area contributed by atoms with Crippen LogP contribution in [0.3, 0.4) is 0 Å². The van der Waals surface area contributed by atoms with Crippen LogP contribution in [0.25, 0.3) is 86.2 Å². The molecule has 0 fully saturated rings. The van der Waals surface area contributed by atoms with Crippen molar-refractivity contribution in [1.29, 1.82) is 0 Å². The van der Waals surface area contributed by atoms with Gasteiger partial charge in [-0.05, 0) is 101 Å². The fraction of sp³-hybridized carbons (Fsp3) is 0.0638. The van der Waals surface area contributed by atoms with Gasteiger partial charge in [0.1, 0.15) is 0 Å². The van der Waals surface area contributed by atoms with Crippen molar-refractivity contribution in [2.45, 2.75) is 19.3 Å². The van der Waals surface area contributed by atoms with E-state index in [0.717, 1.165) is 0 Å². The molecule has 1 aromatic heterocycles. The third-order valence-corrected chi connectivity index (χ3v) is 11.9. The van der Waals surface area contributed by atoms with Crippen LogP contribution < -0.4 is 0 Å². The summed E-state index contributed by atoms with van der Waals surface area (Å²) in [5.74, 6) is 0. The van der Waals surface area contributed by atoms with Gasteiger partial charge >= 0.3 is 0 Å². The summed E-state index contributed by atoms with van der Waals surface area (Å²) >= 11 is 1.89. The highest BCUT2D eigenvalue weighted by Crippen LogP contribution is 2.50. The first-order valence-corrected chi connectivity index (χ1v) is 17.6. The van der Waals surface area contributed by atoms with Crippen molar-refractivity contribution in [1.82, 2.24) is 0 Å². The normalized spacial score (nSPS) is 13.4. The maximum Gasteiger partial charge on any atom is 0.0433 e. The van der Waals surface area contributed by atoms with E-state index in [2.05, 4.69) is 172 Å². The number of fused-ring (bicyclic) bond motifs is 9. The van der Waals surface area contributed by atoms with Crippen LogP contribution in [0, 0.1) is 0 Å². The highest BCUT2D eigenvalue weighted by Gasteiger charge is 2.35. The molecule has 9 aromatic rings. The Labute approximate surface area is 284 Å². The third-order valence-electron chi connectivity index (χ3n) is 10.7. The van der Waals surface area contributed by atoms with Crippen LogP contribution in [0.4, 0.5) is 0 Å². The van der Waals surface area contributed by atoms with E-state index >= 15 is 0 Å². The van der Waals surface area contributed by atoms with Crippen molar-refractivity contribution >= 4 is 53.1 Å². The molecule has 1 aliphatic rings. The minimum absolute atomic E-state index is 0.0140. The molecule has 0 saturated carbocycles. The Bertz CT molecular complexity index is 2720. The molecule has 1 aliphatic carbocycles. The minimum atomic E-state index is -0.0140. The molecule has 8 aromatic carbocycles. The predicted octanol–water partition coefficient (Wildman–Crippen LogP) is 13.7. The van der Waals surface area contributed by atoms with Crippen molar-refractivity contribution in [3.8, 4) is 44.5 Å². The summed E-state index contributed by atoms with van der Waals surface area (Å²) in [6, 6.07) is 58.8. The zero-order valence-corrected chi connectivity index (χ0v) is 27.7. The van der Waals surface area contributed by atoms with Gasteiger partial charge in [0.15, 0.2) is 0 Å². The molecule has 0 spiro atoms. The Kier molecular flexibility index (Phi) is 5.89. The van der Waals surface area contributed by atoms with Crippen LogP contribution in [0.2, 0.25) is 0 Å². The van der Waals surface area contributed by atoms with Crippen molar-refractivity contribution in [3.05, 3.63) is 169 Å². The Morgan fingerprint density at radius 2 is 0.958 bits per heavy atom. The van der Waals surface area contributed by atoms with Gasteiger partial charge in [-0.3, -0.25) is 0 Å². The Morgan fingerprint density at radius 1 is 0.375 bits per heavy atom. The van der Waals surface area contributed by atoms with Gasteiger partial charge in [0, 0.05) is 25.6 Å². The topological polar surface area (TPSA) is 0 Å². The van der Waals surface area contributed by atoms with Gasteiger partial charge in [0.05, 0.1) is 0 Å². The average Bonchev–Trinajstić information content (AvgIpc) is 3.63. The summed E-state index contributed by atoms with van der Waals surface area (Å²) < 4.78 is 2.70. The zero-order valence-electron chi connectivity index (χ0n) is 26.9. The first-order valence-electron chi connectivity index (χ1n) is 16.8. The molecular weight excluding hydrogens is 597 g/mol. The first-order chi connectivity index (χ1) is 23.5. The van der Waals surface area contributed by atoms with E-state index in [1.807, 2.05) is 11.3 Å². The van der Waals surface area contributed by atoms with E-state index in [1.54, 1.807) is 0 Å². The molecule has 1 heteroatoms. The highest BCUT2D eigenvalue weighted by atomic mass is 32.1. The van der Waals surface area contributed by atoms with Gasteiger partial charge in [-0.1, -0.05) is 147 Å². The average molecular weight is 629 g/mol. The summed E-state index contributed by atoms with van der Waals surface area (Å²) in [5.41, 5.74) is 13.1. The van der Waals surface area contributed by atoms with Gasteiger partial charge in [-0.2, -0.15) is 0 Å². The zero-order chi connectivity index (χ0) is 32.0. The Morgan fingerprint density at radius 3 is 1.77 bits per heavy atom. The molecule has 10 rings (SSSR count). The predicted molar refractivity (Wildman–Crippen MR) is 208 cm³/mol. The molecule has 0 N–H and O–H groups in total. The molecule has 0 nitrogen and oxygen atoms in total. The standard InChI is InChI=1S/C47H32S/c1-47(2)43-12-5-3-8-37(43)42-27-35-25-23-33-22-24-34(26-40(33)41(35)28-44(42)47)31-16-14-29(15-17-31)30-18-20-32(21-19-30)36-10-7-11-39-38-9-4-6-13-45(38)48-46(36)39/h3-28H,1-2H3. The van der Waals surface area contributed by atoms with Crippen molar-refractivity contribution in [2.75, 3.05) is 0 Å². The largest absolute Gasteiger partial charge is 0.135 e. The number of benzene rings is 8. The second kappa shape index (κ2) is 10.2. The highest BCUT2D eigenvalue weighted by molar-refractivity contribution is 7.26. The fourth-order valence-corrected chi connectivity index (χ4v) is 9.34. The van der Waals surface area contributed by atoms with Gasteiger partial charge in [0.2, 0.25) is 0 Å². The molecule has 0 bridgehead atoms. The number of hydrogen-bond acceptors (Lipinski definition) is 1. The van der Waals surface area contributed by atoms with Crippen molar-refractivity contribution in [2.24, 2.45) is 0 Å². The molecule has 48 heavy (non-hydrogen) atoms. The lowest BCUT2D eigenvalue weighted by atomic mass is 9.81. The third kappa shape index (κ3) is 4.08. The lowest BCUT2D eigenvalue weighted by Gasteiger charge is -2.22. The molecule has 0 amide bonds. The van der Waals surface area contributed by atoms with Crippen LogP contribution in [-0.2, 0) is 5.41 Å². The SMILES string of the molecule is CC1(C)c2ccccc2-c2cc3ccc4ccc(-c5ccc(-c6ccc(-c7cccc8c7sc7ccccc78)cc6)cc5)cc4c3cc21. The maximum atomic E-state index is 2.46. The monoisotopic (exact) mass is 628 g/mol. The Hall–Kier alpha value is -5.50. The lowest BCUT2D eigenvalue weighted by molar-refractivity contribution is 0.661. The van der Waals surface area contributed by atoms with Crippen LogP contribution in [0.1, 0.15) is 25.0 Å². The van der Waals surface area contributed by atoms with Gasteiger partial charge < -0.3 is 0 Å². The molecule has 226 valence electrons. The van der Waals surface area contributed by atoms with Gasteiger partial charge in [-0.15, -0.1) is 11.3 Å². The van der Waals surface area contributed by atoms with E-state index in [-0.39, 0.29) is 5.41 Å². The second-order valence-corrected chi connectivity index (χ2v) is 14.8. The quantitative estimate of drug-likeness (QED) is 0.171. The van der Waals surface area contributed by atoms with Gasteiger partial charge in [-0.25, -0.2) is 0 Å². The number of hydrogen-bond donors (Lipinski definition) is 0. The maximum absolute atomic E-state index is 2.46. The number of thiophene rings is 1. The van der Waals surface area contributed by atoms with Crippen LogP contribution in [0.15, 0.2) is 158 Å². The minimum Gasteiger partial charge on any atom is -0.135 e. The summed E-state index contributed by atoms with van der Waals surface area (Å²) in [5, 5.41) is 7.91. The summed E-state index contributed by atoms with van der Waals surface area (Å²) in [7, 11) is 0. The molecular formula is C47H32S. The van der Waals surface area contributed by atoms with E-state index in [1.165, 1.54) is 97.4 Å². The molecule has 0 unspecified atom stereocenters. The smallest absolute Gasteiger partial charge is 0.0433 e. The van der Waals surface area contributed by atoms with Crippen molar-refractivity contribution < 1.29 is 0 Å². The molecule has 1 heterocycles. The van der Waals surface area contributed by atoms with Crippen LogP contribution >= 0.6 is 11.3 Å². The fourth-order valence-electron chi connectivity index (χ4n) is 8.10. The summed E-state index contributed by atoms with van der Waals surface area (Å²) in [6.07, 6.45) is 0. The second-order valence-electron chi connectivity index (χ2n) is 13.7. The lowest BCUT2D eigenvalue weighted by Crippen LogP contribution is -2.14. The Balaban J connectivity index is 0.990. The van der Waals surface area contributed by atoms with E-state index in [0.29, 0.717) is 0 Å². The molecule has 0 aliphatic heterocycles. The van der Waals surface area contributed by atoms with Crippen LogP contribution in [0.5, 0.6) is 0 Å². The van der Waals surface area contributed by atoms with Gasteiger partial charge in [0.25, 0.3) is 0 Å². The first kappa shape index (κ1) is 27.6. The van der Waals surface area contributed by atoms with Crippen molar-refractivity contribution in [3.63, 3.8) is 0 Å². The van der Waals surface area contributed by atoms with E-state index in [4.69, 9.17) is 0 Å². The molecule has 0 atom stereocenters. The number of rotatable bonds is 3. The summed E-state index contributed by atoms with van der Waals surface area (Å²) in [4.78, 5) is 0. The van der Waals surface area contributed by atoms with Crippen LogP contribution in [-0.4, -0.2) is 0 Å². The van der Waals surface area contributed by atoms with E-state index < -0.39 is 0 Å². The summed E-state index contributed by atoms with van der Waals surface area (Å²) in [6.45, 7) is 4.72. The van der Waals surface area contributed by atoms with E-state index in [9.17, 15) is 0 Å². The molecule has 0 saturated heterocycles. The molecule has 0 radical (unpaired) electrons.